The maximum Gasteiger partial charge on any atom is 0.253 e. The molecule has 9 heteroatoms. The SMILES string of the molecule is Cn1ccnc1SCC(=O)Nc1ccc(C(=O)N2CCC[C@@H](c3nc4ccccc4s3)C2)cc1. The largest absolute Gasteiger partial charge is 0.338 e. The number of carbonyl (C=O) groups is 2. The van der Waals surface area contributed by atoms with Crippen LogP contribution in [0.4, 0.5) is 5.69 Å². The Morgan fingerprint density at radius 3 is 2.76 bits per heavy atom. The molecule has 3 heterocycles. The lowest BCUT2D eigenvalue weighted by atomic mass is 9.98. The van der Waals surface area contributed by atoms with E-state index in [9.17, 15) is 9.59 Å². The first-order valence-electron chi connectivity index (χ1n) is 11.2. The molecule has 0 saturated carbocycles. The van der Waals surface area contributed by atoms with Gasteiger partial charge in [0.25, 0.3) is 5.91 Å². The molecular weight excluding hydrogens is 466 g/mol. The second-order valence-electron chi connectivity index (χ2n) is 8.35. The molecule has 4 aromatic rings. The molecule has 174 valence electrons. The predicted octanol–water partition coefficient (Wildman–Crippen LogP) is 4.78. The van der Waals surface area contributed by atoms with Gasteiger partial charge >= 0.3 is 0 Å². The second kappa shape index (κ2) is 9.99. The highest BCUT2D eigenvalue weighted by atomic mass is 32.2. The number of imidazole rings is 1. The van der Waals surface area contributed by atoms with Gasteiger partial charge in [-0.3, -0.25) is 9.59 Å². The van der Waals surface area contributed by atoms with Gasteiger partial charge in [0.2, 0.25) is 5.91 Å². The molecule has 1 saturated heterocycles. The van der Waals surface area contributed by atoms with Crippen molar-refractivity contribution in [2.75, 3.05) is 24.2 Å². The number of nitrogens with zero attached hydrogens (tertiary/aromatic N) is 4. The number of hydrogen-bond acceptors (Lipinski definition) is 6. The van der Waals surface area contributed by atoms with Gasteiger partial charge < -0.3 is 14.8 Å². The molecule has 2 aromatic carbocycles. The maximum atomic E-state index is 13.2. The number of thiazole rings is 1. The zero-order valence-corrected chi connectivity index (χ0v) is 20.4. The Kier molecular flexibility index (Phi) is 6.64. The number of amides is 2. The first-order valence-corrected chi connectivity index (χ1v) is 13.0. The monoisotopic (exact) mass is 491 g/mol. The molecule has 0 unspecified atom stereocenters. The molecule has 1 N–H and O–H groups in total. The van der Waals surface area contributed by atoms with Crippen LogP contribution in [0.1, 0.15) is 34.1 Å². The Morgan fingerprint density at radius 1 is 1.18 bits per heavy atom. The summed E-state index contributed by atoms with van der Waals surface area (Å²) < 4.78 is 3.07. The number of aromatic nitrogens is 3. The van der Waals surface area contributed by atoms with Crippen molar-refractivity contribution in [3.05, 3.63) is 71.5 Å². The van der Waals surface area contributed by atoms with Crippen molar-refractivity contribution in [3.63, 3.8) is 0 Å². The van der Waals surface area contributed by atoms with E-state index in [0.717, 1.165) is 35.1 Å². The predicted molar refractivity (Wildman–Crippen MR) is 137 cm³/mol. The summed E-state index contributed by atoms with van der Waals surface area (Å²) in [6, 6.07) is 15.3. The number of rotatable bonds is 6. The third-order valence-corrected chi connectivity index (χ3v) is 8.15. The lowest BCUT2D eigenvalue weighted by Gasteiger charge is -2.32. The van der Waals surface area contributed by atoms with E-state index in [1.165, 1.54) is 16.5 Å². The molecule has 1 fully saturated rings. The van der Waals surface area contributed by atoms with Gasteiger partial charge in [-0.05, 0) is 49.2 Å². The van der Waals surface area contributed by atoms with Gasteiger partial charge in [-0.1, -0.05) is 23.9 Å². The third kappa shape index (κ3) is 5.00. The number of anilines is 1. The van der Waals surface area contributed by atoms with Crippen LogP contribution in [0, 0.1) is 0 Å². The van der Waals surface area contributed by atoms with Crippen molar-refractivity contribution in [3.8, 4) is 0 Å². The third-order valence-electron chi connectivity index (χ3n) is 5.89. The molecule has 34 heavy (non-hydrogen) atoms. The highest BCUT2D eigenvalue weighted by Gasteiger charge is 2.27. The number of nitrogens with one attached hydrogen (secondary N) is 1. The number of fused-ring (bicyclic) bond motifs is 1. The standard InChI is InChI=1S/C25H25N5O2S2/c1-29-14-12-26-25(29)33-16-22(31)27-19-10-8-17(9-11-19)24(32)30-13-4-5-18(15-30)23-28-20-6-2-3-7-21(20)34-23/h2-3,6-12,14,18H,4-5,13,15-16H2,1H3,(H,27,31)/t18-/m1/s1. The van der Waals surface area contributed by atoms with Crippen LogP contribution < -0.4 is 5.32 Å². The smallest absolute Gasteiger partial charge is 0.253 e. The van der Waals surface area contributed by atoms with Gasteiger partial charge in [-0.2, -0.15) is 0 Å². The van der Waals surface area contributed by atoms with Crippen LogP contribution in [0.25, 0.3) is 10.2 Å². The summed E-state index contributed by atoms with van der Waals surface area (Å²) in [6.45, 7) is 1.44. The zero-order chi connectivity index (χ0) is 23.5. The lowest BCUT2D eigenvalue weighted by molar-refractivity contribution is -0.113. The Labute approximate surface area is 206 Å². The number of likely N-dealkylation sites (tertiary alicyclic amines) is 1. The highest BCUT2D eigenvalue weighted by molar-refractivity contribution is 7.99. The van der Waals surface area contributed by atoms with Crippen LogP contribution in [0.15, 0.2) is 66.1 Å². The van der Waals surface area contributed by atoms with Gasteiger partial charge in [-0.25, -0.2) is 9.97 Å². The van der Waals surface area contributed by atoms with Crippen molar-refractivity contribution in [2.24, 2.45) is 7.05 Å². The van der Waals surface area contributed by atoms with E-state index in [0.29, 0.717) is 17.8 Å². The van der Waals surface area contributed by atoms with Crippen LogP contribution in [-0.4, -0.2) is 50.1 Å². The summed E-state index contributed by atoms with van der Waals surface area (Å²) in [5.74, 6) is 0.451. The highest BCUT2D eigenvalue weighted by Crippen LogP contribution is 2.33. The molecule has 5 rings (SSSR count). The molecule has 0 spiro atoms. The Hall–Kier alpha value is -3.17. The number of carbonyl (C=O) groups excluding carboxylic acids is 2. The van der Waals surface area contributed by atoms with Crippen LogP contribution in [0.3, 0.4) is 0 Å². The normalized spacial score (nSPS) is 16.0. The first-order chi connectivity index (χ1) is 16.6. The Morgan fingerprint density at radius 2 is 2.00 bits per heavy atom. The van der Waals surface area contributed by atoms with E-state index in [1.54, 1.807) is 41.8 Å². The number of hydrogen-bond donors (Lipinski definition) is 1. The van der Waals surface area contributed by atoms with Crippen molar-refractivity contribution < 1.29 is 9.59 Å². The molecule has 1 aliphatic rings. The van der Waals surface area contributed by atoms with Gasteiger partial charge in [0.05, 0.1) is 21.0 Å². The van der Waals surface area contributed by atoms with Crippen LogP contribution in [-0.2, 0) is 11.8 Å². The summed E-state index contributed by atoms with van der Waals surface area (Å²) >= 11 is 3.11. The quantitative estimate of drug-likeness (QED) is 0.393. The van der Waals surface area contributed by atoms with E-state index in [-0.39, 0.29) is 23.5 Å². The van der Waals surface area contributed by atoms with E-state index in [4.69, 9.17) is 4.98 Å². The average Bonchev–Trinajstić information content (AvgIpc) is 3.49. The van der Waals surface area contributed by atoms with Gasteiger partial charge in [0, 0.05) is 49.7 Å². The van der Waals surface area contributed by atoms with Crippen molar-refractivity contribution in [1.82, 2.24) is 19.4 Å². The Balaban J connectivity index is 1.18. The minimum atomic E-state index is -0.109. The molecule has 1 atom stereocenters. The second-order valence-corrected chi connectivity index (χ2v) is 10.3. The molecule has 7 nitrogen and oxygen atoms in total. The first kappa shape index (κ1) is 22.6. The van der Waals surface area contributed by atoms with E-state index < -0.39 is 0 Å². The number of thioether (sulfide) groups is 1. The van der Waals surface area contributed by atoms with Gasteiger partial charge in [-0.15, -0.1) is 11.3 Å². The van der Waals surface area contributed by atoms with Crippen LogP contribution in [0.2, 0.25) is 0 Å². The zero-order valence-electron chi connectivity index (χ0n) is 18.8. The fraction of sp³-hybridized carbons (Fsp3) is 0.280. The average molecular weight is 492 g/mol. The van der Waals surface area contributed by atoms with Crippen molar-refractivity contribution in [2.45, 2.75) is 23.9 Å². The topological polar surface area (TPSA) is 80.1 Å². The fourth-order valence-corrected chi connectivity index (χ4v) is 5.95. The van der Waals surface area contributed by atoms with Gasteiger partial charge in [0.15, 0.2) is 5.16 Å². The lowest BCUT2D eigenvalue weighted by Crippen LogP contribution is -2.39. The minimum Gasteiger partial charge on any atom is -0.338 e. The summed E-state index contributed by atoms with van der Waals surface area (Å²) in [7, 11) is 1.90. The van der Waals surface area contributed by atoms with Crippen molar-refractivity contribution >= 4 is 50.8 Å². The van der Waals surface area contributed by atoms with Gasteiger partial charge in [0.1, 0.15) is 0 Å². The summed E-state index contributed by atoms with van der Waals surface area (Å²) in [4.78, 5) is 36.4. The number of benzene rings is 2. The van der Waals surface area contributed by atoms with Crippen LogP contribution in [0.5, 0.6) is 0 Å². The maximum absolute atomic E-state index is 13.2. The number of para-hydroxylation sites is 1. The summed E-state index contributed by atoms with van der Waals surface area (Å²) in [6.07, 6.45) is 5.57. The van der Waals surface area contributed by atoms with E-state index in [1.807, 2.05) is 40.9 Å². The van der Waals surface area contributed by atoms with Crippen LogP contribution >= 0.6 is 23.1 Å². The molecular formula is C25H25N5O2S2. The van der Waals surface area contributed by atoms with E-state index >= 15 is 0 Å². The molecule has 0 radical (unpaired) electrons. The fourth-order valence-electron chi connectivity index (χ4n) is 4.12. The molecule has 1 aliphatic heterocycles. The Bertz CT molecular complexity index is 1280. The molecule has 0 aliphatic carbocycles. The molecule has 2 amide bonds. The number of aryl methyl sites for hydroxylation is 1. The van der Waals surface area contributed by atoms with E-state index in [2.05, 4.69) is 16.4 Å². The number of piperidine rings is 1. The molecule has 2 aromatic heterocycles. The molecule has 0 bridgehead atoms. The van der Waals surface area contributed by atoms with Crippen molar-refractivity contribution in [1.29, 1.82) is 0 Å². The summed E-state index contributed by atoms with van der Waals surface area (Å²) in [5.41, 5.74) is 2.33. The summed E-state index contributed by atoms with van der Waals surface area (Å²) in [5, 5.41) is 4.79. The minimum absolute atomic E-state index is 0.0222.